The van der Waals surface area contributed by atoms with Gasteiger partial charge in [0, 0.05) is 24.8 Å². The summed E-state index contributed by atoms with van der Waals surface area (Å²) in [4.78, 5) is 14.6. The van der Waals surface area contributed by atoms with E-state index in [9.17, 15) is 9.90 Å². The van der Waals surface area contributed by atoms with E-state index in [2.05, 4.69) is 76.9 Å². The maximum Gasteiger partial charge on any atom is 0.336 e. The molecular weight excluding hydrogens is 484 g/mol. The molecule has 0 saturated carbocycles. The van der Waals surface area contributed by atoms with Crippen LogP contribution in [0.4, 0.5) is 5.69 Å². The fourth-order valence-corrected chi connectivity index (χ4v) is 4.84. The van der Waals surface area contributed by atoms with Crippen molar-refractivity contribution in [1.29, 1.82) is 0 Å². The molecule has 0 aromatic heterocycles. The number of hydrogen-bond donors (Lipinski definition) is 2. The van der Waals surface area contributed by atoms with Gasteiger partial charge >= 0.3 is 5.97 Å². The monoisotopic (exact) mass is 530 g/mol. The summed E-state index contributed by atoms with van der Waals surface area (Å²) in [5.41, 5.74) is 6.29. The number of carboxylic acids is 1. The Kier molecular flexibility index (Phi) is 10.6. The molecule has 210 valence electrons. The summed E-state index contributed by atoms with van der Waals surface area (Å²) in [5, 5.41) is 13.4. The van der Waals surface area contributed by atoms with Gasteiger partial charge in [-0.15, -0.1) is 0 Å². The fraction of sp³-hybridized carbons (Fsp3) is 0.441. The van der Waals surface area contributed by atoms with E-state index < -0.39 is 5.97 Å². The molecule has 5 nitrogen and oxygen atoms in total. The van der Waals surface area contributed by atoms with Crippen LogP contribution in [0, 0.1) is 0 Å². The first-order valence-corrected chi connectivity index (χ1v) is 14.3. The summed E-state index contributed by atoms with van der Waals surface area (Å²) in [6.07, 6.45) is 2.09. The van der Waals surface area contributed by atoms with Crippen molar-refractivity contribution in [2.75, 3.05) is 31.1 Å². The number of unbranched alkanes of at least 4 members (excludes halogenated alkanes) is 1. The standard InChI is InChI=1S/C34H46N2O3/c1-8-36(9-2)32-19-15-27(23-31(32)34(5,6)7)30-22-26(14-18-29(30)33(37)38)25-12-16-28(17-13-25)39-21-11-10-20-35-24(3)4/h12-19,22-24,35H,8-11,20-21H2,1-7H3,(H,37,38). The molecule has 3 aromatic carbocycles. The molecule has 0 aliphatic heterocycles. The predicted octanol–water partition coefficient (Wildman–Crippen LogP) is 8.02. The van der Waals surface area contributed by atoms with E-state index in [1.165, 1.54) is 11.3 Å². The predicted molar refractivity (Wildman–Crippen MR) is 164 cm³/mol. The van der Waals surface area contributed by atoms with Crippen LogP contribution in [0.5, 0.6) is 5.75 Å². The number of carbonyl (C=O) groups is 1. The van der Waals surface area contributed by atoms with Crippen LogP contribution in [0.15, 0.2) is 60.7 Å². The van der Waals surface area contributed by atoms with Crippen LogP contribution in [0.2, 0.25) is 0 Å². The highest BCUT2D eigenvalue weighted by Crippen LogP contribution is 2.38. The highest BCUT2D eigenvalue weighted by Gasteiger charge is 2.23. The van der Waals surface area contributed by atoms with E-state index >= 15 is 0 Å². The Balaban J connectivity index is 1.88. The van der Waals surface area contributed by atoms with E-state index in [1.54, 1.807) is 6.07 Å². The first kappa shape index (κ1) is 30.2. The van der Waals surface area contributed by atoms with Gasteiger partial charge in [0.1, 0.15) is 5.75 Å². The first-order valence-electron chi connectivity index (χ1n) is 14.3. The van der Waals surface area contributed by atoms with Crippen LogP contribution in [0.3, 0.4) is 0 Å². The molecule has 2 N–H and O–H groups in total. The number of nitrogens with one attached hydrogen (secondary N) is 1. The average Bonchev–Trinajstić information content (AvgIpc) is 2.90. The normalized spacial score (nSPS) is 11.6. The molecule has 0 spiro atoms. The zero-order chi connectivity index (χ0) is 28.6. The Hall–Kier alpha value is -3.31. The van der Waals surface area contributed by atoms with Crippen LogP contribution in [0.1, 0.15) is 77.2 Å². The second-order valence-corrected chi connectivity index (χ2v) is 11.4. The van der Waals surface area contributed by atoms with E-state index in [0.29, 0.717) is 18.2 Å². The lowest BCUT2D eigenvalue weighted by atomic mass is 9.83. The molecule has 0 radical (unpaired) electrons. The Morgan fingerprint density at radius 1 is 0.897 bits per heavy atom. The molecule has 0 aliphatic rings. The second-order valence-electron chi connectivity index (χ2n) is 11.4. The van der Waals surface area contributed by atoms with Crippen molar-refractivity contribution in [2.45, 2.75) is 72.8 Å². The lowest BCUT2D eigenvalue weighted by molar-refractivity contribution is 0.0697. The summed E-state index contributed by atoms with van der Waals surface area (Å²) in [6, 6.07) is 20.6. The molecule has 3 rings (SSSR count). The average molecular weight is 531 g/mol. The van der Waals surface area contributed by atoms with Gasteiger partial charge in [-0.05, 0) is 103 Å². The van der Waals surface area contributed by atoms with Gasteiger partial charge < -0.3 is 20.1 Å². The van der Waals surface area contributed by atoms with Crippen LogP contribution in [-0.4, -0.2) is 43.4 Å². The molecule has 0 saturated heterocycles. The maximum atomic E-state index is 12.2. The molecule has 39 heavy (non-hydrogen) atoms. The molecule has 3 aromatic rings. The van der Waals surface area contributed by atoms with Gasteiger partial charge in [-0.1, -0.05) is 58.9 Å². The molecule has 0 aliphatic carbocycles. The van der Waals surface area contributed by atoms with Crippen molar-refractivity contribution in [3.05, 3.63) is 71.8 Å². The molecule has 0 unspecified atom stereocenters. The third-order valence-corrected chi connectivity index (χ3v) is 7.05. The molecule has 5 heteroatoms. The van der Waals surface area contributed by atoms with Crippen molar-refractivity contribution >= 4 is 11.7 Å². The third kappa shape index (κ3) is 8.09. The number of benzene rings is 3. The first-order chi connectivity index (χ1) is 18.5. The largest absolute Gasteiger partial charge is 0.494 e. The molecule has 0 amide bonds. The summed E-state index contributed by atoms with van der Waals surface area (Å²) < 4.78 is 5.93. The van der Waals surface area contributed by atoms with E-state index in [4.69, 9.17) is 4.74 Å². The van der Waals surface area contributed by atoms with Crippen molar-refractivity contribution in [3.63, 3.8) is 0 Å². The van der Waals surface area contributed by atoms with E-state index in [-0.39, 0.29) is 5.41 Å². The second kappa shape index (κ2) is 13.7. The van der Waals surface area contributed by atoms with E-state index in [0.717, 1.165) is 60.5 Å². The Morgan fingerprint density at radius 2 is 1.54 bits per heavy atom. The van der Waals surface area contributed by atoms with Crippen molar-refractivity contribution in [3.8, 4) is 28.0 Å². The lowest BCUT2D eigenvalue weighted by Gasteiger charge is -2.31. The van der Waals surface area contributed by atoms with Gasteiger partial charge in [-0.25, -0.2) is 4.79 Å². The molecule has 0 atom stereocenters. The zero-order valence-electron chi connectivity index (χ0n) is 24.8. The topological polar surface area (TPSA) is 61.8 Å². The Bertz CT molecular complexity index is 1220. The Labute approximate surface area is 235 Å². The highest BCUT2D eigenvalue weighted by atomic mass is 16.5. The van der Waals surface area contributed by atoms with E-state index in [1.807, 2.05) is 36.4 Å². The Morgan fingerprint density at radius 3 is 2.13 bits per heavy atom. The summed E-state index contributed by atoms with van der Waals surface area (Å²) in [5.74, 6) is -0.0752. The van der Waals surface area contributed by atoms with Crippen molar-refractivity contribution in [2.24, 2.45) is 0 Å². The SMILES string of the molecule is CCN(CC)c1ccc(-c2cc(-c3ccc(OCCCCNC(C)C)cc3)ccc2C(=O)O)cc1C(C)(C)C. The number of anilines is 1. The van der Waals surface area contributed by atoms with Gasteiger partial charge in [0.2, 0.25) is 0 Å². The summed E-state index contributed by atoms with van der Waals surface area (Å²) in [6.45, 7) is 18.8. The molecule has 0 fully saturated rings. The van der Waals surface area contributed by atoms with Gasteiger partial charge in [-0.3, -0.25) is 0 Å². The number of carboxylic acid groups (broad SMARTS) is 1. The quantitative estimate of drug-likeness (QED) is 0.219. The summed E-state index contributed by atoms with van der Waals surface area (Å²) in [7, 11) is 0. The highest BCUT2D eigenvalue weighted by molar-refractivity contribution is 5.97. The lowest BCUT2D eigenvalue weighted by Crippen LogP contribution is -2.26. The third-order valence-electron chi connectivity index (χ3n) is 7.05. The van der Waals surface area contributed by atoms with Crippen LogP contribution < -0.4 is 15.0 Å². The smallest absolute Gasteiger partial charge is 0.336 e. The number of hydrogen-bond acceptors (Lipinski definition) is 4. The minimum Gasteiger partial charge on any atom is -0.494 e. The van der Waals surface area contributed by atoms with Gasteiger partial charge in [0.05, 0.1) is 12.2 Å². The molecular formula is C34H46N2O3. The number of nitrogens with zero attached hydrogens (tertiary/aromatic N) is 1. The van der Waals surface area contributed by atoms with Gasteiger partial charge in [0.15, 0.2) is 0 Å². The van der Waals surface area contributed by atoms with Crippen LogP contribution >= 0.6 is 0 Å². The molecule has 0 heterocycles. The number of ether oxygens (including phenoxy) is 1. The van der Waals surface area contributed by atoms with Crippen LogP contribution in [0.25, 0.3) is 22.3 Å². The van der Waals surface area contributed by atoms with Crippen molar-refractivity contribution in [1.82, 2.24) is 5.32 Å². The molecule has 0 bridgehead atoms. The fourth-order valence-electron chi connectivity index (χ4n) is 4.84. The minimum atomic E-state index is -0.922. The van der Waals surface area contributed by atoms with Gasteiger partial charge in [-0.2, -0.15) is 0 Å². The van der Waals surface area contributed by atoms with Crippen LogP contribution in [-0.2, 0) is 5.41 Å². The number of rotatable bonds is 13. The summed E-state index contributed by atoms with van der Waals surface area (Å²) >= 11 is 0. The minimum absolute atomic E-state index is 0.0876. The van der Waals surface area contributed by atoms with Crippen molar-refractivity contribution < 1.29 is 14.6 Å². The number of aromatic carboxylic acids is 1. The maximum absolute atomic E-state index is 12.2. The van der Waals surface area contributed by atoms with Gasteiger partial charge in [0.25, 0.3) is 0 Å². The zero-order valence-corrected chi connectivity index (χ0v) is 24.8.